The second-order valence-electron chi connectivity index (χ2n) is 11.8. The molecular weight excluding hydrogens is 453 g/mol. The average Bonchev–Trinajstić information content (AvgIpc) is 3.24. The van der Waals surface area contributed by atoms with Gasteiger partial charge in [0.05, 0.1) is 11.2 Å². The van der Waals surface area contributed by atoms with E-state index in [1.165, 1.54) is 22.3 Å². The highest BCUT2D eigenvalue weighted by Gasteiger charge is 2.52. The summed E-state index contributed by atoms with van der Waals surface area (Å²) >= 11 is 0. The Morgan fingerprint density at radius 2 is 1.03 bits per heavy atom. The fourth-order valence-corrected chi connectivity index (χ4v) is 5.64. The zero-order valence-electron chi connectivity index (χ0n) is 22.6. The minimum Gasteiger partial charge on any atom is -0.399 e. The van der Waals surface area contributed by atoms with Gasteiger partial charge < -0.3 is 14.2 Å². The molecule has 0 radical (unpaired) electrons. The van der Waals surface area contributed by atoms with Crippen molar-refractivity contribution < 1.29 is 9.31 Å². The minimum atomic E-state index is -0.379. The molecule has 1 aliphatic carbocycles. The minimum absolute atomic E-state index is 0.0814. The van der Waals surface area contributed by atoms with Gasteiger partial charge in [-0.15, -0.1) is 0 Å². The third-order valence-corrected chi connectivity index (χ3v) is 8.50. The Hall–Kier alpha value is -3.34. The molecule has 0 saturated carbocycles. The SMILES string of the molecule is CC1(C)c2ccc(B3OC(C)(C)C(C)(C)O3)cc2-c2cc(N(c3ccccc3)c3ccccc3)ccc21. The van der Waals surface area contributed by atoms with E-state index >= 15 is 0 Å². The zero-order chi connectivity index (χ0) is 26.0. The van der Waals surface area contributed by atoms with Crippen LogP contribution in [0.4, 0.5) is 17.1 Å². The van der Waals surface area contributed by atoms with E-state index in [-0.39, 0.29) is 23.7 Å². The van der Waals surface area contributed by atoms with E-state index in [0.29, 0.717) is 0 Å². The van der Waals surface area contributed by atoms with Crippen LogP contribution >= 0.6 is 0 Å². The van der Waals surface area contributed by atoms with Crippen LogP contribution < -0.4 is 10.4 Å². The van der Waals surface area contributed by atoms with Crippen molar-refractivity contribution in [3.8, 4) is 11.1 Å². The van der Waals surface area contributed by atoms with Crippen LogP contribution in [0.25, 0.3) is 11.1 Å². The fraction of sp³-hybridized carbons (Fsp3) is 0.273. The summed E-state index contributed by atoms with van der Waals surface area (Å²) < 4.78 is 12.8. The van der Waals surface area contributed by atoms with Crippen molar-refractivity contribution in [3.05, 3.63) is 108 Å². The van der Waals surface area contributed by atoms with Crippen LogP contribution in [-0.4, -0.2) is 18.3 Å². The lowest BCUT2D eigenvalue weighted by Crippen LogP contribution is -2.41. The quantitative estimate of drug-likeness (QED) is 0.275. The molecular formula is C33H34BNO2. The Morgan fingerprint density at radius 3 is 1.57 bits per heavy atom. The highest BCUT2D eigenvalue weighted by atomic mass is 16.7. The third-order valence-electron chi connectivity index (χ3n) is 8.50. The molecule has 4 aromatic carbocycles. The second-order valence-corrected chi connectivity index (χ2v) is 11.8. The number of nitrogens with zero attached hydrogens (tertiary/aromatic N) is 1. The van der Waals surface area contributed by atoms with E-state index < -0.39 is 0 Å². The summed E-state index contributed by atoms with van der Waals surface area (Å²) in [5.41, 5.74) is 8.87. The number of anilines is 3. The first-order valence-electron chi connectivity index (χ1n) is 13.1. The number of hydrogen-bond acceptors (Lipinski definition) is 3. The highest BCUT2D eigenvalue weighted by molar-refractivity contribution is 6.62. The largest absolute Gasteiger partial charge is 0.494 e. The van der Waals surface area contributed by atoms with Crippen LogP contribution in [0, 0.1) is 0 Å². The lowest BCUT2D eigenvalue weighted by Gasteiger charge is -2.32. The molecule has 1 aliphatic heterocycles. The van der Waals surface area contributed by atoms with Crippen molar-refractivity contribution in [2.75, 3.05) is 4.90 Å². The molecule has 0 aromatic heterocycles. The van der Waals surface area contributed by atoms with Gasteiger partial charge >= 0.3 is 7.12 Å². The van der Waals surface area contributed by atoms with Gasteiger partial charge in [0.15, 0.2) is 0 Å². The van der Waals surface area contributed by atoms with Gasteiger partial charge in [-0.05, 0) is 91.8 Å². The summed E-state index contributed by atoms with van der Waals surface area (Å²) in [7, 11) is -0.379. The van der Waals surface area contributed by atoms with Crippen molar-refractivity contribution in [1.29, 1.82) is 0 Å². The first-order chi connectivity index (χ1) is 17.6. The molecule has 37 heavy (non-hydrogen) atoms. The highest BCUT2D eigenvalue weighted by Crippen LogP contribution is 2.50. The average molecular weight is 487 g/mol. The van der Waals surface area contributed by atoms with E-state index in [1.807, 2.05) is 0 Å². The van der Waals surface area contributed by atoms with Crippen LogP contribution in [0.1, 0.15) is 52.7 Å². The van der Waals surface area contributed by atoms with Gasteiger partial charge in [0.2, 0.25) is 0 Å². The van der Waals surface area contributed by atoms with Gasteiger partial charge in [0, 0.05) is 22.5 Å². The van der Waals surface area contributed by atoms with Crippen molar-refractivity contribution in [2.45, 2.75) is 58.2 Å². The molecule has 1 heterocycles. The van der Waals surface area contributed by atoms with Crippen molar-refractivity contribution in [1.82, 2.24) is 0 Å². The number of para-hydroxylation sites is 2. The summed E-state index contributed by atoms with van der Waals surface area (Å²) in [5, 5.41) is 0. The molecule has 6 rings (SSSR count). The molecule has 2 aliphatic rings. The maximum atomic E-state index is 6.40. The van der Waals surface area contributed by atoms with Gasteiger partial charge in [-0.3, -0.25) is 0 Å². The maximum Gasteiger partial charge on any atom is 0.494 e. The van der Waals surface area contributed by atoms with Gasteiger partial charge in [-0.1, -0.05) is 74.5 Å². The first kappa shape index (κ1) is 24.0. The summed E-state index contributed by atoms with van der Waals surface area (Å²) in [4.78, 5) is 2.32. The lowest BCUT2D eigenvalue weighted by molar-refractivity contribution is 0.00578. The Balaban J connectivity index is 1.47. The standard InChI is InChI=1S/C33H34BNO2/c1-31(2)29-19-17-23(34-36-32(3,4)33(5,6)37-34)21-27(29)28-22-26(18-20-30(28)31)35(24-13-9-7-10-14-24)25-15-11-8-12-16-25/h7-22H,1-6H3. The Kier molecular flexibility index (Phi) is 5.42. The maximum absolute atomic E-state index is 6.40. The van der Waals surface area contributed by atoms with E-state index in [0.717, 1.165) is 22.5 Å². The molecule has 4 heteroatoms. The van der Waals surface area contributed by atoms with Crippen LogP contribution in [0.15, 0.2) is 97.1 Å². The predicted octanol–water partition coefficient (Wildman–Crippen LogP) is 7.76. The predicted molar refractivity (Wildman–Crippen MR) is 154 cm³/mol. The molecule has 4 aromatic rings. The van der Waals surface area contributed by atoms with Crippen LogP contribution in [-0.2, 0) is 14.7 Å². The van der Waals surface area contributed by atoms with Crippen LogP contribution in [0.5, 0.6) is 0 Å². The summed E-state index contributed by atoms with van der Waals surface area (Å²) in [6.07, 6.45) is 0. The Labute approximate surface area is 221 Å². The van der Waals surface area contributed by atoms with Crippen LogP contribution in [0.3, 0.4) is 0 Å². The molecule has 0 bridgehead atoms. The normalized spacial score (nSPS) is 18.4. The fourth-order valence-electron chi connectivity index (χ4n) is 5.64. The molecule has 1 saturated heterocycles. The Morgan fingerprint density at radius 1 is 0.541 bits per heavy atom. The van der Waals surface area contributed by atoms with Crippen molar-refractivity contribution in [2.24, 2.45) is 0 Å². The number of fused-ring (bicyclic) bond motifs is 3. The molecule has 1 fully saturated rings. The van der Waals surface area contributed by atoms with E-state index in [1.54, 1.807) is 0 Å². The molecule has 0 unspecified atom stereocenters. The van der Waals surface area contributed by atoms with Crippen molar-refractivity contribution >= 4 is 29.6 Å². The number of hydrogen-bond donors (Lipinski definition) is 0. The number of rotatable bonds is 4. The van der Waals surface area contributed by atoms with Crippen LogP contribution in [0.2, 0.25) is 0 Å². The molecule has 0 amide bonds. The van der Waals surface area contributed by atoms with E-state index in [9.17, 15) is 0 Å². The third kappa shape index (κ3) is 3.82. The lowest BCUT2D eigenvalue weighted by atomic mass is 9.76. The monoisotopic (exact) mass is 487 g/mol. The topological polar surface area (TPSA) is 21.7 Å². The molecule has 0 atom stereocenters. The summed E-state index contributed by atoms with van der Waals surface area (Å²) in [6.45, 7) is 13.1. The molecule has 0 spiro atoms. The molecule has 0 N–H and O–H groups in total. The van der Waals surface area contributed by atoms with Gasteiger partial charge in [0.1, 0.15) is 0 Å². The summed E-state index contributed by atoms with van der Waals surface area (Å²) in [6, 6.07) is 34.8. The first-order valence-corrected chi connectivity index (χ1v) is 13.1. The molecule has 3 nitrogen and oxygen atoms in total. The summed E-state index contributed by atoms with van der Waals surface area (Å²) in [5.74, 6) is 0. The van der Waals surface area contributed by atoms with Gasteiger partial charge in [-0.25, -0.2) is 0 Å². The van der Waals surface area contributed by atoms with Gasteiger partial charge in [0.25, 0.3) is 0 Å². The molecule has 186 valence electrons. The van der Waals surface area contributed by atoms with Gasteiger partial charge in [-0.2, -0.15) is 0 Å². The zero-order valence-corrected chi connectivity index (χ0v) is 22.6. The number of benzene rings is 4. The van der Waals surface area contributed by atoms with E-state index in [4.69, 9.17) is 9.31 Å². The Bertz CT molecular complexity index is 1410. The second kappa shape index (κ2) is 8.34. The van der Waals surface area contributed by atoms with E-state index in [2.05, 4.69) is 144 Å². The smallest absolute Gasteiger partial charge is 0.399 e. The van der Waals surface area contributed by atoms with Crippen molar-refractivity contribution in [3.63, 3.8) is 0 Å².